The molecule has 16 heteroatoms. The van der Waals surface area contributed by atoms with Crippen LogP contribution in [-0.4, -0.2) is 19.0 Å². The fourth-order valence-electron chi connectivity index (χ4n) is 3.29. The maximum atomic E-state index is 12.8. The lowest BCUT2D eigenvalue weighted by molar-refractivity contribution is -0.269. The van der Waals surface area contributed by atoms with Crippen LogP contribution < -0.4 is 15.5 Å². The zero-order valence-electron chi connectivity index (χ0n) is 18.1. The molecule has 204 valence electrons. The number of rotatable bonds is 3. The van der Waals surface area contributed by atoms with Gasteiger partial charge in [0.2, 0.25) is 0 Å². The Balaban J connectivity index is 2.90. The molecule has 38 heavy (non-hydrogen) atoms. The van der Waals surface area contributed by atoms with Gasteiger partial charge in [-0.25, -0.2) is 0 Å². The molecule has 3 rings (SSSR count). The average molecular weight is 797 g/mol. The van der Waals surface area contributed by atoms with E-state index in [-0.39, 0.29) is 97.5 Å². The van der Waals surface area contributed by atoms with E-state index in [4.69, 9.17) is 162 Å². The zero-order valence-corrected chi connectivity index (χ0v) is 28.7. The SMILES string of the molecule is CN(C)C([O-])=c1c(Cl)c(Cl)c(=C(c2c(Cl)c(Cl)c(Cl)c(Cl)c2Cl)c2c(Cl)c(Cl)c(Cl)c(Cl)c2Cl)c(Cl)c1Cl. The highest BCUT2D eigenvalue weighted by Gasteiger charge is 2.31. The Morgan fingerprint density at radius 1 is 0.395 bits per heavy atom. The molecular weight excluding hydrogens is 791 g/mol. The summed E-state index contributed by atoms with van der Waals surface area (Å²) in [5.74, 6) is -0.584. The standard InChI is InChI=1S/C22H7Cl14NO/c1-37(2)22(38)7-14(29)8(23)4(9(24)15(7)30)3(5-10(25)16(31)20(35)17(32)11(5)26)6-12(27)18(33)21(36)19(34)13(6)28/h38H,1-2H3/p-1. The number of halogens is 14. The third kappa shape index (κ3) is 5.56. The summed E-state index contributed by atoms with van der Waals surface area (Å²) in [5.41, 5.74) is -0.277. The van der Waals surface area contributed by atoms with Crippen LogP contribution in [0.5, 0.6) is 0 Å². The van der Waals surface area contributed by atoms with Crippen LogP contribution in [0.15, 0.2) is 0 Å². The molecule has 0 unspecified atom stereocenters. The van der Waals surface area contributed by atoms with Crippen molar-refractivity contribution in [1.29, 1.82) is 0 Å². The second-order valence-corrected chi connectivity index (χ2v) is 12.8. The topological polar surface area (TPSA) is 26.3 Å². The molecule has 2 nitrogen and oxygen atoms in total. The molecule has 3 aromatic carbocycles. The number of hydrogen-bond donors (Lipinski definition) is 0. The Kier molecular flexibility index (Phi) is 11.3. The minimum Gasteiger partial charge on any atom is -0.860 e. The van der Waals surface area contributed by atoms with Gasteiger partial charge < -0.3 is 10.0 Å². The lowest BCUT2D eigenvalue weighted by Crippen LogP contribution is -2.32. The van der Waals surface area contributed by atoms with Gasteiger partial charge >= 0.3 is 0 Å². The van der Waals surface area contributed by atoms with Gasteiger partial charge in [0.25, 0.3) is 0 Å². The Morgan fingerprint density at radius 2 is 0.632 bits per heavy atom. The first-order valence-corrected chi connectivity index (χ1v) is 14.8. The quantitative estimate of drug-likeness (QED) is 0.195. The largest absolute Gasteiger partial charge is 0.860 e. The van der Waals surface area contributed by atoms with E-state index in [1.807, 2.05) is 0 Å². The van der Waals surface area contributed by atoms with Crippen LogP contribution >= 0.6 is 162 Å². The van der Waals surface area contributed by atoms with E-state index in [0.29, 0.717) is 0 Å². The van der Waals surface area contributed by atoms with Crippen molar-refractivity contribution in [2.45, 2.75) is 0 Å². The van der Waals surface area contributed by atoms with E-state index in [2.05, 4.69) is 0 Å². The molecular formula is C22H6Cl14NO-. The van der Waals surface area contributed by atoms with Gasteiger partial charge in [-0.2, -0.15) is 0 Å². The third-order valence-corrected chi connectivity index (χ3v) is 11.3. The Morgan fingerprint density at radius 3 is 0.895 bits per heavy atom. The van der Waals surface area contributed by atoms with Crippen molar-refractivity contribution in [2.75, 3.05) is 14.1 Å². The van der Waals surface area contributed by atoms with Crippen molar-refractivity contribution in [3.63, 3.8) is 0 Å². The van der Waals surface area contributed by atoms with Gasteiger partial charge in [-0.15, -0.1) is 0 Å². The van der Waals surface area contributed by atoms with Crippen LogP contribution in [0.3, 0.4) is 0 Å². The van der Waals surface area contributed by atoms with Crippen LogP contribution in [0.25, 0.3) is 11.5 Å². The van der Waals surface area contributed by atoms with Gasteiger partial charge in [0.05, 0.1) is 70.3 Å². The summed E-state index contributed by atoms with van der Waals surface area (Å²) in [6.07, 6.45) is 0. The van der Waals surface area contributed by atoms with Crippen molar-refractivity contribution < 1.29 is 5.11 Å². The van der Waals surface area contributed by atoms with Crippen molar-refractivity contribution >= 4 is 174 Å². The summed E-state index contributed by atoms with van der Waals surface area (Å²) in [4.78, 5) is 1.23. The molecule has 0 amide bonds. The zero-order chi connectivity index (χ0) is 29.1. The maximum Gasteiger partial charge on any atom is 0.0809 e. The van der Waals surface area contributed by atoms with Crippen LogP contribution in [0.1, 0.15) is 11.1 Å². The molecule has 0 radical (unpaired) electrons. The highest BCUT2D eigenvalue weighted by molar-refractivity contribution is 6.58. The summed E-state index contributed by atoms with van der Waals surface area (Å²) >= 11 is 90.9. The molecule has 0 bridgehead atoms. The first-order chi connectivity index (χ1) is 17.5. The molecule has 0 fully saturated rings. The normalized spacial score (nSPS) is 11.3. The fraction of sp³-hybridized carbons (Fsp3) is 0.0909. The molecule has 0 aliphatic heterocycles. The molecule has 0 atom stereocenters. The summed E-state index contributed by atoms with van der Waals surface area (Å²) in [6, 6.07) is 0. The summed E-state index contributed by atoms with van der Waals surface area (Å²) in [5, 5.41) is 9.66. The second-order valence-electron chi connectivity index (χ2n) is 7.47. The number of hydrogen-bond acceptors (Lipinski definition) is 2. The van der Waals surface area contributed by atoms with Gasteiger partial charge in [0.15, 0.2) is 0 Å². The molecule has 0 aromatic heterocycles. The third-order valence-electron chi connectivity index (χ3n) is 5.05. The molecule has 0 spiro atoms. The van der Waals surface area contributed by atoms with Crippen molar-refractivity contribution in [3.8, 4) is 0 Å². The monoisotopic (exact) mass is 790 g/mol. The number of benzene rings is 3. The molecule has 0 saturated carbocycles. The molecule has 0 aliphatic rings. The molecule has 0 N–H and O–H groups in total. The van der Waals surface area contributed by atoms with Gasteiger partial charge in [-0.1, -0.05) is 162 Å². The van der Waals surface area contributed by atoms with Crippen LogP contribution in [0.2, 0.25) is 70.3 Å². The van der Waals surface area contributed by atoms with Gasteiger partial charge in [0, 0.05) is 41.2 Å². The predicted molar refractivity (Wildman–Crippen MR) is 167 cm³/mol. The first kappa shape index (κ1) is 33.6. The van der Waals surface area contributed by atoms with Crippen molar-refractivity contribution in [2.24, 2.45) is 0 Å². The molecule has 0 heterocycles. The van der Waals surface area contributed by atoms with Gasteiger partial charge in [0.1, 0.15) is 0 Å². The second kappa shape index (κ2) is 12.7. The van der Waals surface area contributed by atoms with Crippen LogP contribution in [-0.2, 0) is 0 Å². The minimum atomic E-state index is -0.584. The molecule has 3 aromatic rings. The van der Waals surface area contributed by atoms with E-state index in [1.165, 1.54) is 19.0 Å². The minimum absolute atomic E-state index is 0.0893. The van der Waals surface area contributed by atoms with Crippen LogP contribution in [0.4, 0.5) is 0 Å². The number of nitrogens with zero attached hydrogens (tertiary/aromatic N) is 1. The Hall–Kier alpha value is 1.06. The maximum absolute atomic E-state index is 12.8. The lowest BCUT2D eigenvalue weighted by atomic mass is 9.94. The van der Waals surface area contributed by atoms with E-state index >= 15 is 0 Å². The summed E-state index contributed by atoms with van der Waals surface area (Å²) < 4.78 is 0. The highest BCUT2D eigenvalue weighted by Crippen LogP contribution is 2.52. The van der Waals surface area contributed by atoms with Crippen LogP contribution in [0, 0.1) is 0 Å². The van der Waals surface area contributed by atoms with Crippen molar-refractivity contribution in [1.82, 2.24) is 4.90 Å². The predicted octanol–water partition coefficient (Wildman–Crippen LogP) is 11.1. The summed E-state index contributed by atoms with van der Waals surface area (Å²) in [7, 11) is 2.97. The average Bonchev–Trinajstić information content (AvgIpc) is 2.87. The van der Waals surface area contributed by atoms with E-state index in [1.54, 1.807) is 0 Å². The van der Waals surface area contributed by atoms with E-state index < -0.39 is 5.88 Å². The molecule has 0 saturated heterocycles. The lowest BCUT2D eigenvalue weighted by Gasteiger charge is -2.24. The van der Waals surface area contributed by atoms with Gasteiger partial charge in [-0.05, 0) is 5.88 Å². The smallest absolute Gasteiger partial charge is 0.0809 e. The van der Waals surface area contributed by atoms with E-state index in [9.17, 15) is 5.11 Å². The first-order valence-electron chi connectivity index (χ1n) is 9.47. The molecule has 0 aliphatic carbocycles. The van der Waals surface area contributed by atoms with Crippen molar-refractivity contribution in [3.05, 3.63) is 91.9 Å². The fourth-order valence-corrected chi connectivity index (χ4v) is 7.14. The van der Waals surface area contributed by atoms with E-state index in [0.717, 1.165) is 0 Å². The summed E-state index contributed by atoms with van der Waals surface area (Å²) in [6.45, 7) is 0. The Labute approximate surface area is 286 Å². The van der Waals surface area contributed by atoms with Gasteiger partial charge in [-0.3, -0.25) is 0 Å². The highest BCUT2D eigenvalue weighted by atomic mass is 35.5. The Bertz CT molecular complexity index is 1480.